The first-order valence-electron chi connectivity index (χ1n) is 8.29. The molecule has 2 fully saturated rings. The Balaban J connectivity index is 1.43. The molecule has 0 atom stereocenters. The van der Waals surface area contributed by atoms with E-state index in [1.54, 1.807) is 11.8 Å². The van der Waals surface area contributed by atoms with Crippen molar-refractivity contribution in [2.75, 3.05) is 58.5 Å². The first-order valence-corrected chi connectivity index (χ1v) is 9.69. The van der Waals surface area contributed by atoms with Crippen LogP contribution in [0.2, 0.25) is 0 Å². The quantitative estimate of drug-likeness (QED) is 0.726. The van der Waals surface area contributed by atoms with Gasteiger partial charge in [0, 0.05) is 32.7 Å². The molecule has 6 heteroatoms. The number of rotatable bonds is 6. The average molecular weight is 352 g/mol. The van der Waals surface area contributed by atoms with E-state index < -0.39 is 0 Å². The summed E-state index contributed by atoms with van der Waals surface area (Å²) >= 11 is 7.34. The van der Waals surface area contributed by atoms with Crippen molar-refractivity contribution in [1.29, 1.82) is 0 Å². The van der Waals surface area contributed by atoms with Gasteiger partial charge in [-0.15, -0.1) is 0 Å². The molecule has 0 aliphatic carbocycles. The molecule has 0 aromatic heterocycles. The normalized spacial score (nSPS) is 20.9. The van der Waals surface area contributed by atoms with Crippen LogP contribution in [0.4, 0.5) is 0 Å². The monoisotopic (exact) mass is 351 g/mol. The van der Waals surface area contributed by atoms with Crippen molar-refractivity contribution in [1.82, 2.24) is 14.7 Å². The van der Waals surface area contributed by atoms with Crippen molar-refractivity contribution < 1.29 is 4.74 Å². The van der Waals surface area contributed by atoms with Gasteiger partial charge in [-0.25, -0.2) is 0 Å². The Morgan fingerprint density at radius 1 is 1.00 bits per heavy atom. The highest BCUT2D eigenvalue weighted by atomic mass is 32.2. The van der Waals surface area contributed by atoms with Crippen LogP contribution in [-0.4, -0.2) is 77.5 Å². The molecule has 0 unspecified atom stereocenters. The fourth-order valence-electron chi connectivity index (χ4n) is 2.89. The van der Waals surface area contributed by atoms with Gasteiger partial charge in [-0.2, -0.15) is 0 Å². The van der Waals surface area contributed by atoms with Crippen LogP contribution in [0, 0.1) is 0 Å². The maximum absolute atomic E-state index is 5.54. The topological polar surface area (TPSA) is 19.0 Å². The van der Waals surface area contributed by atoms with Gasteiger partial charge in [0.25, 0.3) is 0 Å². The lowest BCUT2D eigenvalue weighted by molar-refractivity contribution is 0.0326. The van der Waals surface area contributed by atoms with Gasteiger partial charge in [0.05, 0.1) is 25.8 Å². The maximum atomic E-state index is 5.54. The highest BCUT2D eigenvalue weighted by Crippen LogP contribution is 2.19. The first-order chi connectivity index (χ1) is 11.3. The molecule has 23 heavy (non-hydrogen) atoms. The third-order valence-corrected chi connectivity index (χ3v) is 5.96. The Morgan fingerprint density at radius 3 is 2.52 bits per heavy atom. The summed E-state index contributed by atoms with van der Waals surface area (Å²) in [7, 11) is 0. The third kappa shape index (κ3) is 5.43. The zero-order valence-electron chi connectivity index (χ0n) is 13.5. The molecule has 126 valence electrons. The Kier molecular flexibility index (Phi) is 6.71. The zero-order valence-corrected chi connectivity index (χ0v) is 15.2. The molecule has 1 aromatic rings. The molecule has 0 amide bonds. The molecule has 4 nitrogen and oxygen atoms in total. The van der Waals surface area contributed by atoms with Gasteiger partial charge in [0.2, 0.25) is 0 Å². The highest BCUT2D eigenvalue weighted by molar-refractivity contribution is 8.22. The Labute approximate surface area is 148 Å². The Morgan fingerprint density at radius 2 is 1.74 bits per heavy atom. The van der Waals surface area contributed by atoms with Crippen LogP contribution in [0.25, 0.3) is 0 Å². The summed E-state index contributed by atoms with van der Waals surface area (Å²) in [5, 5.41) is 0. The van der Waals surface area contributed by atoms with Gasteiger partial charge in [0.1, 0.15) is 4.32 Å². The summed E-state index contributed by atoms with van der Waals surface area (Å²) in [6.45, 7) is 8.09. The smallest absolute Gasteiger partial charge is 0.138 e. The fraction of sp³-hybridized carbons (Fsp3) is 0.588. The SMILES string of the molecule is S=C1SCN(CCN2CCOCC2)CN1CCc1ccccc1. The predicted molar refractivity (Wildman–Crippen MR) is 101 cm³/mol. The average Bonchev–Trinajstić information content (AvgIpc) is 2.62. The minimum Gasteiger partial charge on any atom is -0.379 e. The van der Waals surface area contributed by atoms with Gasteiger partial charge in [-0.1, -0.05) is 54.3 Å². The van der Waals surface area contributed by atoms with Crippen molar-refractivity contribution >= 4 is 28.3 Å². The second kappa shape index (κ2) is 8.99. The van der Waals surface area contributed by atoms with Crippen molar-refractivity contribution in [2.45, 2.75) is 6.42 Å². The minimum atomic E-state index is 0.877. The number of nitrogens with zero attached hydrogens (tertiary/aromatic N) is 3. The molecule has 3 rings (SSSR count). The second-order valence-corrected chi connectivity index (χ2v) is 7.61. The van der Waals surface area contributed by atoms with Crippen molar-refractivity contribution in [2.24, 2.45) is 0 Å². The van der Waals surface area contributed by atoms with Crippen LogP contribution in [0.15, 0.2) is 30.3 Å². The van der Waals surface area contributed by atoms with Gasteiger partial charge >= 0.3 is 0 Å². The zero-order chi connectivity index (χ0) is 15.9. The summed E-state index contributed by atoms with van der Waals surface area (Å²) in [6.07, 6.45) is 1.05. The van der Waals surface area contributed by atoms with Crippen LogP contribution in [0.5, 0.6) is 0 Å². The minimum absolute atomic E-state index is 0.877. The van der Waals surface area contributed by atoms with E-state index in [-0.39, 0.29) is 0 Å². The lowest BCUT2D eigenvalue weighted by atomic mass is 10.1. The third-order valence-electron chi connectivity index (χ3n) is 4.35. The molecule has 2 saturated heterocycles. The molecule has 2 aliphatic heterocycles. The van der Waals surface area contributed by atoms with Crippen LogP contribution in [0.3, 0.4) is 0 Å². The van der Waals surface area contributed by atoms with Gasteiger partial charge in [0.15, 0.2) is 0 Å². The number of thioether (sulfide) groups is 1. The maximum Gasteiger partial charge on any atom is 0.138 e. The van der Waals surface area contributed by atoms with Gasteiger partial charge in [-0.05, 0) is 12.0 Å². The fourth-order valence-corrected chi connectivity index (χ4v) is 4.03. The van der Waals surface area contributed by atoms with E-state index in [2.05, 4.69) is 45.0 Å². The van der Waals surface area contributed by atoms with Crippen LogP contribution >= 0.6 is 24.0 Å². The molecule has 0 saturated carbocycles. The molecule has 0 N–H and O–H groups in total. The largest absolute Gasteiger partial charge is 0.379 e. The van der Waals surface area contributed by atoms with Crippen molar-refractivity contribution in [3.8, 4) is 0 Å². The molecule has 2 heterocycles. The van der Waals surface area contributed by atoms with Crippen molar-refractivity contribution in [3.05, 3.63) is 35.9 Å². The summed E-state index contributed by atoms with van der Waals surface area (Å²) in [6, 6.07) is 10.7. The van der Waals surface area contributed by atoms with Crippen molar-refractivity contribution in [3.63, 3.8) is 0 Å². The van der Waals surface area contributed by atoms with E-state index in [4.69, 9.17) is 17.0 Å². The van der Waals surface area contributed by atoms with E-state index in [0.29, 0.717) is 0 Å². The van der Waals surface area contributed by atoms with E-state index in [1.807, 2.05) is 0 Å². The number of hydrogen-bond acceptors (Lipinski definition) is 5. The van der Waals surface area contributed by atoms with E-state index in [0.717, 1.165) is 69.2 Å². The van der Waals surface area contributed by atoms with Crippen LogP contribution in [0.1, 0.15) is 5.56 Å². The van der Waals surface area contributed by atoms with Crippen LogP contribution in [-0.2, 0) is 11.2 Å². The van der Waals surface area contributed by atoms with Gasteiger partial charge in [-0.3, -0.25) is 9.80 Å². The number of ether oxygens (including phenoxy) is 1. The summed E-state index contributed by atoms with van der Waals surface area (Å²) in [5.41, 5.74) is 1.38. The summed E-state index contributed by atoms with van der Waals surface area (Å²) in [5.74, 6) is 1.02. The van der Waals surface area contributed by atoms with E-state index in [9.17, 15) is 0 Å². The first kappa shape index (κ1) is 17.2. The number of hydrogen-bond donors (Lipinski definition) is 0. The van der Waals surface area contributed by atoms with Gasteiger partial charge < -0.3 is 9.64 Å². The summed E-state index contributed by atoms with van der Waals surface area (Å²) in [4.78, 5) is 7.34. The number of thiocarbonyl (C=S) groups is 1. The van der Waals surface area contributed by atoms with Crippen LogP contribution < -0.4 is 0 Å². The second-order valence-electron chi connectivity index (χ2n) is 6.03. The molecule has 1 aromatic carbocycles. The van der Waals surface area contributed by atoms with E-state index in [1.165, 1.54) is 5.56 Å². The van der Waals surface area contributed by atoms with E-state index >= 15 is 0 Å². The molecular weight excluding hydrogens is 326 g/mol. The number of benzene rings is 1. The molecule has 0 radical (unpaired) electrons. The Bertz CT molecular complexity index is 494. The molecular formula is C17H25N3OS2. The predicted octanol–water partition coefficient (Wildman–Crippen LogP) is 2.11. The molecule has 0 spiro atoms. The lowest BCUT2D eigenvalue weighted by Gasteiger charge is -2.38. The standard InChI is InChI=1S/C17H25N3OS2/c22-17-20(7-6-16-4-2-1-3-5-16)14-19(15-23-17)9-8-18-10-12-21-13-11-18/h1-5H,6-15H2. The molecule has 2 aliphatic rings. The Hall–Kier alpha value is -0.660. The number of morpholine rings is 1. The summed E-state index contributed by atoms with van der Waals surface area (Å²) < 4.78 is 6.46. The lowest BCUT2D eigenvalue weighted by Crippen LogP contribution is -2.48. The highest BCUT2D eigenvalue weighted by Gasteiger charge is 2.22. The molecule has 0 bridgehead atoms.